The second kappa shape index (κ2) is 8.51. The minimum absolute atomic E-state index is 0.0698. The van der Waals surface area contributed by atoms with Gasteiger partial charge < -0.3 is 11.1 Å². The van der Waals surface area contributed by atoms with Crippen molar-refractivity contribution in [1.29, 1.82) is 0 Å². The molecule has 0 saturated heterocycles. The third-order valence-corrected chi connectivity index (χ3v) is 3.04. The predicted octanol–water partition coefficient (Wildman–Crippen LogP) is 4.10. The molecule has 1 amide bonds. The Bertz CT molecular complexity index is 407. The van der Waals surface area contributed by atoms with Crippen LogP contribution >= 0.6 is 0 Å². The molecule has 0 aliphatic heterocycles. The van der Waals surface area contributed by atoms with Crippen LogP contribution in [0.4, 0.5) is 15.8 Å². The Morgan fingerprint density at radius 3 is 2.58 bits per heavy atom. The molecule has 0 radical (unpaired) electrons. The van der Waals surface area contributed by atoms with Crippen molar-refractivity contribution >= 4 is 17.3 Å². The number of nitrogen functional groups attached to an aromatic ring is 1. The number of carbonyl (C=O) groups is 1. The van der Waals surface area contributed by atoms with E-state index in [1.807, 2.05) is 0 Å². The summed E-state index contributed by atoms with van der Waals surface area (Å²) < 4.78 is 13.2. The van der Waals surface area contributed by atoms with Crippen LogP contribution in [-0.4, -0.2) is 5.91 Å². The van der Waals surface area contributed by atoms with Crippen LogP contribution in [0.25, 0.3) is 0 Å². The second-order valence-corrected chi connectivity index (χ2v) is 4.80. The summed E-state index contributed by atoms with van der Waals surface area (Å²) in [4.78, 5) is 11.6. The van der Waals surface area contributed by atoms with Gasteiger partial charge in [0.25, 0.3) is 0 Å². The molecule has 0 aliphatic carbocycles. The molecular weight excluding hydrogens is 243 g/mol. The monoisotopic (exact) mass is 266 g/mol. The number of amides is 1. The lowest BCUT2D eigenvalue weighted by molar-refractivity contribution is -0.116. The van der Waals surface area contributed by atoms with Crippen LogP contribution in [0.15, 0.2) is 18.2 Å². The highest BCUT2D eigenvalue weighted by Gasteiger charge is 2.04. The van der Waals surface area contributed by atoms with E-state index in [1.165, 1.54) is 37.8 Å². The number of halogens is 1. The van der Waals surface area contributed by atoms with Gasteiger partial charge in [-0.25, -0.2) is 4.39 Å². The van der Waals surface area contributed by atoms with E-state index >= 15 is 0 Å². The summed E-state index contributed by atoms with van der Waals surface area (Å²) in [5.74, 6) is -0.572. The highest BCUT2D eigenvalue weighted by Crippen LogP contribution is 2.16. The van der Waals surface area contributed by atoms with Crippen LogP contribution in [0.3, 0.4) is 0 Å². The van der Waals surface area contributed by atoms with E-state index in [-0.39, 0.29) is 11.6 Å². The van der Waals surface area contributed by atoms with Gasteiger partial charge in [0, 0.05) is 12.1 Å². The van der Waals surface area contributed by atoms with Crippen molar-refractivity contribution in [2.45, 2.75) is 51.9 Å². The van der Waals surface area contributed by atoms with E-state index in [4.69, 9.17) is 5.73 Å². The van der Waals surface area contributed by atoms with Gasteiger partial charge in [-0.2, -0.15) is 0 Å². The fraction of sp³-hybridized carbons (Fsp3) is 0.533. The van der Waals surface area contributed by atoms with Crippen molar-refractivity contribution < 1.29 is 9.18 Å². The summed E-state index contributed by atoms with van der Waals surface area (Å²) in [5, 5.41) is 2.68. The Morgan fingerprint density at radius 1 is 1.21 bits per heavy atom. The Kier molecular flexibility index (Phi) is 6.93. The van der Waals surface area contributed by atoms with Crippen LogP contribution in [-0.2, 0) is 4.79 Å². The molecule has 0 heterocycles. The van der Waals surface area contributed by atoms with Crippen molar-refractivity contribution in [2.24, 2.45) is 0 Å². The Labute approximate surface area is 114 Å². The number of nitrogens with two attached hydrogens (primary N) is 1. The molecule has 1 aromatic rings. The molecule has 3 nitrogen and oxygen atoms in total. The van der Waals surface area contributed by atoms with Gasteiger partial charge >= 0.3 is 0 Å². The maximum Gasteiger partial charge on any atom is 0.224 e. The molecule has 0 atom stereocenters. The Morgan fingerprint density at radius 2 is 1.89 bits per heavy atom. The summed E-state index contributed by atoms with van der Waals surface area (Å²) >= 11 is 0. The number of benzene rings is 1. The molecule has 19 heavy (non-hydrogen) atoms. The van der Waals surface area contributed by atoms with Gasteiger partial charge in [0.1, 0.15) is 5.82 Å². The molecule has 0 aromatic heterocycles. The molecule has 1 rings (SSSR count). The van der Waals surface area contributed by atoms with Crippen LogP contribution < -0.4 is 11.1 Å². The highest BCUT2D eigenvalue weighted by atomic mass is 19.1. The van der Waals surface area contributed by atoms with Gasteiger partial charge in [0.05, 0.1) is 5.69 Å². The first-order chi connectivity index (χ1) is 9.13. The number of carbonyl (C=O) groups excluding carboxylic acids is 1. The van der Waals surface area contributed by atoms with Gasteiger partial charge in [0.2, 0.25) is 5.91 Å². The maximum absolute atomic E-state index is 13.2. The number of rotatable bonds is 8. The summed E-state index contributed by atoms with van der Waals surface area (Å²) in [6.45, 7) is 2.18. The number of unbranched alkanes of at least 4 members (excludes halogenated alkanes) is 5. The second-order valence-electron chi connectivity index (χ2n) is 4.80. The first kappa shape index (κ1) is 15.5. The molecule has 0 spiro atoms. The largest absolute Gasteiger partial charge is 0.396 e. The van der Waals surface area contributed by atoms with E-state index < -0.39 is 5.82 Å². The molecule has 0 unspecified atom stereocenters. The maximum atomic E-state index is 13.2. The predicted molar refractivity (Wildman–Crippen MR) is 77.4 cm³/mol. The van der Waals surface area contributed by atoms with Gasteiger partial charge in [0.15, 0.2) is 0 Å². The molecule has 0 saturated carbocycles. The van der Waals surface area contributed by atoms with E-state index in [1.54, 1.807) is 6.07 Å². The summed E-state index contributed by atoms with van der Waals surface area (Å²) in [6, 6.07) is 4.31. The normalized spacial score (nSPS) is 10.4. The van der Waals surface area contributed by atoms with Crippen molar-refractivity contribution in [3.63, 3.8) is 0 Å². The smallest absolute Gasteiger partial charge is 0.224 e. The van der Waals surface area contributed by atoms with Crippen LogP contribution in [0.5, 0.6) is 0 Å². The molecular formula is C15H23FN2O. The zero-order valence-corrected chi connectivity index (χ0v) is 11.5. The van der Waals surface area contributed by atoms with E-state index in [2.05, 4.69) is 12.2 Å². The Hall–Kier alpha value is -1.58. The first-order valence-corrected chi connectivity index (χ1v) is 6.98. The standard InChI is InChI=1S/C15H23FN2O/c1-2-3-4-5-6-7-8-15(19)18-12-9-10-14(17)13(16)11-12/h9-11H,2-8,17H2,1H3,(H,18,19). The molecule has 0 fully saturated rings. The minimum atomic E-state index is -0.502. The average molecular weight is 266 g/mol. The molecule has 106 valence electrons. The Balaban J connectivity index is 2.21. The minimum Gasteiger partial charge on any atom is -0.396 e. The topological polar surface area (TPSA) is 55.1 Å². The average Bonchev–Trinajstić information content (AvgIpc) is 2.38. The number of anilines is 2. The third kappa shape index (κ3) is 6.22. The van der Waals surface area contributed by atoms with E-state index in [9.17, 15) is 9.18 Å². The van der Waals surface area contributed by atoms with Crippen molar-refractivity contribution in [2.75, 3.05) is 11.1 Å². The first-order valence-electron chi connectivity index (χ1n) is 6.98. The van der Waals surface area contributed by atoms with Crippen LogP contribution in [0.1, 0.15) is 51.9 Å². The van der Waals surface area contributed by atoms with Crippen molar-refractivity contribution in [3.8, 4) is 0 Å². The van der Waals surface area contributed by atoms with Crippen LogP contribution in [0.2, 0.25) is 0 Å². The zero-order valence-electron chi connectivity index (χ0n) is 11.5. The van der Waals surface area contributed by atoms with E-state index in [0.29, 0.717) is 12.1 Å². The van der Waals surface area contributed by atoms with Gasteiger partial charge in [-0.3, -0.25) is 4.79 Å². The summed E-state index contributed by atoms with van der Waals surface area (Å²) in [5.41, 5.74) is 5.92. The lowest BCUT2D eigenvalue weighted by atomic mass is 10.1. The van der Waals surface area contributed by atoms with Crippen molar-refractivity contribution in [3.05, 3.63) is 24.0 Å². The zero-order chi connectivity index (χ0) is 14.1. The number of hydrogen-bond donors (Lipinski definition) is 2. The lowest BCUT2D eigenvalue weighted by Gasteiger charge is -2.06. The molecule has 0 aliphatic rings. The summed E-state index contributed by atoms with van der Waals surface area (Å²) in [7, 11) is 0. The molecule has 3 N–H and O–H groups in total. The van der Waals surface area contributed by atoms with Gasteiger partial charge in [-0.05, 0) is 24.6 Å². The number of nitrogens with one attached hydrogen (secondary N) is 1. The fourth-order valence-corrected chi connectivity index (χ4v) is 1.89. The van der Waals surface area contributed by atoms with E-state index in [0.717, 1.165) is 12.8 Å². The van der Waals surface area contributed by atoms with Crippen molar-refractivity contribution in [1.82, 2.24) is 0 Å². The van der Waals surface area contributed by atoms with Crippen LogP contribution in [0, 0.1) is 5.82 Å². The van der Waals surface area contributed by atoms with Gasteiger partial charge in [-0.1, -0.05) is 39.0 Å². The highest BCUT2D eigenvalue weighted by molar-refractivity contribution is 5.90. The fourth-order valence-electron chi connectivity index (χ4n) is 1.89. The quantitative estimate of drug-likeness (QED) is 0.550. The lowest BCUT2D eigenvalue weighted by Crippen LogP contribution is -2.11. The summed E-state index contributed by atoms with van der Waals surface area (Å²) in [6.07, 6.45) is 7.34. The third-order valence-electron chi connectivity index (χ3n) is 3.04. The number of hydrogen-bond acceptors (Lipinski definition) is 2. The SMILES string of the molecule is CCCCCCCCC(=O)Nc1ccc(N)c(F)c1. The van der Waals surface area contributed by atoms with Gasteiger partial charge in [-0.15, -0.1) is 0 Å². The molecule has 4 heteroatoms. The molecule has 0 bridgehead atoms. The molecule has 1 aromatic carbocycles.